The monoisotopic (exact) mass is 240 g/mol. The van der Waals surface area contributed by atoms with Crippen LogP contribution in [0.4, 0.5) is 0 Å². The van der Waals surface area contributed by atoms with Gasteiger partial charge in [-0.3, -0.25) is 4.79 Å². The van der Waals surface area contributed by atoms with Gasteiger partial charge >= 0.3 is 0 Å². The predicted octanol–water partition coefficient (Wildman–Crippen LogP) is 2.25. The minimum atomic E-state index is 0.125. The molecule has 0 unspecified atom stereocenters. The third kappa shape index (κ3) is 2.35. The first kappa shape index (κ1) is 14.5. The highest BCUT2D eigenvalue weighted by Gasteiger charge is 2.68. The number of nitrogens with two attached hydrogens (primary N) is 1. The minimum Gasteiger partial charge on any atom is -0.340 e. The second-order valence-electron chi connectivity index (χ2n) is 6.64. The maximum absolute atomic E-state index is 12.6. The van der Waals surface area contributed by atoms with Crippen molar-refractivity contribution in [3.63, 3.8) is 0 Å². The third-order valence-corrected chi connectivity index (χ3v) is 4.78. The molecule has 1 saturated carbocycles. The molecule has 1 amide bonds. The molecule has 0 atom stereocenters. The first-order valence-corrected chi connectivity index (χ1v) is 6.68. The fourth-order valence-electron chi connectivity index (χ4n) is 2.86. The van der Waals surface area contributed by atoms with E-state index in [1.165, 1.54) is 0 Å². The van der Waals surface area contributed by atoms with Gasteiger partial charge < -0.3 is 10.6 Å². The van der Waals surface area contributed by atoms with Crippen molar-refractivity contribution in [2.75, 3.05) is 13.1 Å². The Balaban J connectivity index is 2.74. The lowest BCUT2D eigenvalue weighted by atomic mass is 10.0. The summed E-state index contributed by atoms with van der Waals surface area (Å²) in [5.41, 5.74) is 5.79. The molecule has 0 aromatic carbocycles. The highest BCUT2D eigenvalue weighted by Crippen LogP contribution is 2.68. The van der Waals surface area contributed by atoms with Gasteiger partial charge in [0.1, 0.15) is 0 Å². The maximum Gasteiger partial charge on any atom is 0.227 e. The third-order valence-electron chi connectivity index (χ3n) is 4.78. The lowest BCUT2D eigenvalue weighted by Gasteiger charge is -2.27. The van der Waals surface area contributed by atoms with E-state index in [9.17, 15) is 4.79 Å². The Morgan fingerprint density at radius 3 is 2.00 bits per heavy atom. The number of carbonyl (C=O) groups is 1. The Kier molecular flexibility index (Phi) is 3.92. The van der Waals surface area contributed by atoms with Gasteiger partial charge in [0.15, 0.2) is 0 Å². The van der Waals surface area contributed by atoms with Gasteiger partial charge in [-0.15, -0.1) is 0 Å². The maximum atomic E-state index is 12.6. The zero-order chi connectivity index (χ0) is 13.4. The van der Waals surface area contributed by atoms with Crippen LogP contribution in [0.5, 0.6) is 0 Å². The van der Waals surface area contributed by atoms with Gasteiger partial charge in [-0.1, -0.05) is 27.7 Å². The van der Waals surface area contributed by atoms with Crippen molar-refractivity contribution in [3.05, 3.63) is 0 Å². The fraction of sp³-hybridized carbons (Fsp3) is 0.929. The summed E-state index contributed by atoms with van der Waals surface area (Å²) >= 11 is 0. The van der Waals surface area contributed by atoms with Gasteiger partial charge in [-0.25, -0.2) is 0 Å². The van der Waals surface area contributed by atoms with E-state index in [2.05, 4.69) is 41.5 Å². The average molecular weight is 240 g/mol. The van der Waals surface area contributed by atoms with E-state index in [1.54, 1.807) is 0 Å². The summed E-state index contributed by atoms with van der Waals surface area (Å²) in [6.07, 6.45) is 0.886. The van der Waals surface area contributed by atoms with Crippen molar-refractivity contribution in [1.82, 2.24) is 4.90 Å². The van der Waals surface area contributed by atoms with Crippen molar-refractivity contribution in [2.45, 2.75) is 54.0 Å². The molecule has 3 heteroatoms. The number of nitrogens with zero attached hydrogens (tertiary/aromatic N) is 1. The van der Waals surface area contributed by atoms with E-state index in [4.69, 9.17) is 5.73 Å². The van der Waals surface area contributed by atoms with Crippen molar-refractivity contribution in [2.24, 2.45) is 22.5 Å². The molecule has 1 aliphatic rings. The molecule has 1 rings (SSSR count). The SMILES string of the molecule is CC(C)N(CCCN)C(=O)C1C(C)(C)C1(C)C. The molecule has 0 bridgehead atoms. The Morgan fingerprint density at radius 2 is 1.71 bits per heavy atom. The van der Waals surface area contributed by atoms with Crippen LogP contribution < -0.4 is 5.73 Å². The molecule has 2 N–H and O–H groups in total. The van der Waals surface area contributed by atoms with Gasteiger partial charge in [0, 0.05) is 18.5 Å². The average Bonchev–Trinajstić information content (AvgIpc) is 2.57. The van der Waals surface area contributed by atoms with Crippen LogP contribution in [0.2, 0.25) is 0 Å². The zero-order valence-corrected chi connectivity index (χ0v) is 12.2. The first-order valence-electron chi connectivity index (χ1n) is 6.68. The molecule has 1 fully saturated rings. The quantitative estimate of drug-likeness (QED) is 0.801. The van der Waals surface area contributed by atoms with Crippen molar-refractivity contribution < 1.29 is 4.79 Å². The molecule has 0 saturated heterocycles. The van der Waals surface area contributed by atoms with Crippen molar-refractivity contribution in [3.8, 4) is 0 Å². The number of rotatable bonds is 5. The molecular formula is C14H28N2O. The fourth-order valence-corrected chi connectivity index (χ4v) is 2.86. The summed E-state index contributed by atoms with van der Waals surface area (Å²) in [6, 6.07) is 0.265. The molecule has 0 aromatic heterocycles. The largest absolute Gasteiger partial charge is 0.340 e. The molecule has 3 nitrogen and oxygen atoms in total. The Morgan fingerprint density at radius 1 is 1.24 bits per heavy atom. The summed E-state index contributed by atoms with van der Waals surface area (Å²) in [5.74, 6) is 0.471. The second-order valence-corrected chi connectivity index (χ2v) is 6.64. The molecule has 0 heterocycles. The van der Waals surface area contributed by atoms with Crippen LogP contribution in [0.3, 0.4) is 0 Å². The lowest BCUT2D eigenvalue weighted by Crippen LogP contribution is -2.40. The molecular weight excluding hydrogens is 212 g/mol. The first-order chi connectivity index (χ1) is 7.67. The van der Waals surface area contributed by atoms with E-state index in [0.29, 0.717) is 12.5 Å². The van der Waals surface area contributed by atoms with E-state index in [0.717, 1.165) is 13.0 Å². The van der Waals surface area contributed by atoms with E-state index in [-0.39, 0.29) is 22.8 Å². The second kappa shape index (κ2) is 4.60. The summed E-state index contributed by atoms with van der Waals surface area (Å²) in [7, 11) is 0. The summed E-state index contributed by atoms with van der Waals surface area (Å²) in [6.45, 7) is 14.4. The normalized spacial score (nSPS) is 21.6. The van der Waals surface area contributed by atoms with Gasteiger partial charge in [0.2, 0.25) is 5.91 Å². The topological polar surface area (TPSA) is 46.3 Å². The smallest absolute Gasteiger partial charge is 0.227 e. The molecule has 100 valence electrons. The minimum absolute atomic E-state index is 0.125. The van der Waals surface area contributed by atoms with Crippen molar-refractivity contribution in [1.29, 1.82) is 0 Å². The molecule has 0 spiro atoms. The van der Waals surface area contributed by atoms with Crippen LogP contribution in [0.25, 0.3) is 0 Å². The Labute approximate surface area is 106 Å². The molecule has 0 radical (unpaired) electrons. The molecule has 0 aromatic rings. The highest BCUT2D eigenvalue weighted by molar-refractivity contribution is 5.84. The van der Waals surface area contributed by atoms with Gasteiger partial charge in [-0.05, 0) is 37.6 Å². The number of amides is 1. The highest BCUT2D eigenvalue weighted by atomic mass is 16.2. The molecule has 17 heavy (non-hydrogen) atoms. The Bertz CT molecular complexity index is 281. The standard InChI is InChI=1S/C14H28N2O/c1-10(2)16(9-7-8-15)12(17)11-13(3,4)14(11,5)6/h10-11H,7-9,15H2,1-6H3. The number of carbonyl (C=O) groups excluding carboxylic acids is 1. The zero-order valence-electron chi connectivity index (χ0n) is 12.2. The van der Waals surface area contributed by atoms with E-state index < -0.39 is 0 Å². The lowest BCUT2D eigenvalue weighted by molar-refractivity contribution is -0.135. The Hall–Kier alpha value is -0.570. The summed E-state index contributed by atoms with van der Waals surface area (Å²) < 4.78 is 0. The van der Waals surface area contributed by atoms with Crippen LogP contribution in [0.15, 0.2) is 0 Å². The van der Waals surface area contributed by atoms with E-state index >= 15 is 0 Å². The molecule has 1 aliphatic carbocycles. The van der Waals surface area contributed by atoms with Gasteiger partial charge in [-0.2, -0.15) is 0 Å². The summed E-state index contributed by atoms with van der Waals surface area (Å²) in [5, 5.41) is 0. The molecule has 0 aliphatic heterocycles. The van der Waals surface area contributed by atoms with Gasteiger partial charge in [0.25, 0.3) is 0 Å². The van der Waals surface area contributed by atoms with Crippen LogP contribution >= 0.6 is 0 Å². The number of hydrogen-bond acceptors (Lipinski definition) is 2. The summed E-state index contributed by atoms with van der Waals surface area (Å²) in [4.78, 5) is 14.6. The predicted molar refractivity (Wildman–Crippen MR) is 71.6 cm³/mol. The number of hydrogen-bond donors (Lipinski definition) is 1. The van der Waals surface area contributed by atoms with Crippen molar-refractivity contribution >= 4 is 5.91 Å². The van der Waals surface area contributed by atoms with E-state index in [1.807, 2.05) is 4.90 Å². The van der Waals surface area contributed by atoms with Gasteiger partial charge in [0.05, 0.1) is 0 Å². The van der Waals surface area contributed by atoms with Crippen LogP contribution in [-0.4, -0.2) is 29.9 Å². The van der Waals surface area contributed by atoms with Crippen LogP contribution in [-0.2, 0) is 4.79 Å². The van der Waals surface area contributed by atoms with Crippen LogP contribution in [0.1, 0.15) is 48.0 Å². The van der Waals surface area contributed by atoms with Crippen LogP contribution in [0, 0.1) is 16.7 Å².